The molecule has 0 aromatic carbocycles. The number of hydrogen-bond donors (Lipinski definition) is 0. The van der Waals surface area contributed by atoms with Gasteiger partial charge in [0.05, 0.1) is 19.4 Å². The highest BCUT2D eigenvalue weighted by molar-refractivity contribution is 6.22. The van der Waals surface area contributed by atoms with Crippen molar-refractivity contribution in [2.45, 2.75) is 31.3 Å². The molecule has 1 aliphatic rings. The zero-order valence-electron chi connectivity index (χ0n) is 14.8. The molecule has 0 amide bonds. The van der Waals surface area contributed by atoms with Crippen LogP contribution < -0.4 is 4.90 Å². The van der Waals surface area contributed by atoms with Crippen molar-refractivity contribution >= 4 is 29.2 Å². The molecule has 0 bridgehead atoms. The van der Waals surface area contributed by atoms with E-state index in [1.165, 1.54) is 11.8 Å². The Bertz CT molecular complexity index is 774. The highest BCUT2D eigenvalue weighted by atomic mass is 35.5. The molecule has 156 valence electrons. The minimum absolute atomic E-state index is 0.130. The zero-order chi connectivity index (χ0) is 21.3. The standard InChI is InChI=1S/C16H16ClF5N2O4/c1-3-28-14(26)9-10(24-6-4-5-7-24)8(13(25)27-2)11(15(17,18)19)23-12(9)16(20,21)22/h3-7H2,1-2H3. The number of anilines is 1. The number of ether oxygens (including phenoxy) is 2. The average molecular weight is 431 g/mol. The summed E-state index contributed by atoms with van der Waals surface area (Å²) in [5.41, 5.74) is -6.33. The molecular formula is C16H16ClF5N2O4. The van der Waals surface area contributed by atoms with Gasteiger partial charge in [-0.3, -0.25) is 0 Å². The van der Waals surface area contributed by atoms with E-state index in [4.69, 9.17) is 11.6 Å². The van der Waals surface area contributed by atoms with Crippen molar-refractivity contribution in [2.75, 3.05) is 31.7 Å². The van der Waals surface area contributed by atoms with Gasteiger partial charge in [-0.2, -0.15) is 22.0 Å². The lowest BCUT2D eigenvalue weighted by Gasteiger charge is -2.27. The van der Waals surface area contributed by atoms with Crippen molar-refractivity contribution in [2.24, 2.45) is 0 Å². The van der Waals surface area contributed by atoms with Gasteiger partial charge in [-0.1, -0.05) is 0 Å². The Balaban J connectivity index is 3.02. The first-order valence-electron chi connectivity index (χ1n) is 8.16. The van der Waals surface area contributed by atoms with Crippen LogP contribution in [-0.2, 0) is 21.0 Å². The number of halogens is 6. The predicted octanol–water partition coefficient (Wildman–Crippen LogP) is 3.95. The number of carbonyl (C=O) groups excluding carboxylic acids is 2. The van der Waals surface area contributed by atoms with Gasteiger partial charge in [0.1, 0.15) is 16.8 Å². The Morgan fingerprint density at radius 2 is 1.61 bits per heavy atom. The highest BCUT2D eigenvalue weighted by Crippen LogP contribution is 2.44. The zero-order valence-corrected chi connectivity index (χ0v) is 15.6. The van der Waals surface area contributed by atoms with E-state index in [1.54, 1.807) is 0 Å². The number of alkyl halides is 6. The normalized spacial score (nSPS) is 14.9. The van der Waals surface area contributed by atoms with Crippen molar-refractivity contribution in [3.05, 3.63) is 22.5 Å². The molecule has 0 aliphatic carbocycles. The van der Waals surface area contributed by atoms with E-state index in [1.807, 2.05) is 0 Å². The summed E-state index contributed by atoms with van der Waals surface area (Å²) in [5.74, 6) is -2.84. The summed E-state index contributed by atoms with van der Waals surface area (Å²) in [5, 5.41) is -4.43. The molecule has 2 rings (SSSR count). The quantitative estimate of drug-likeness (QED) is 0.400. The summed E-state index contributed by atoms with van der Waals surface area (Å²) in [7, 11) is 0.855. The number of aromatic nitrogens is 1. The molecule has 28 heavy (non-hydrogen) atoms. The van der Waals surface area contributed by atoms with Crippen LogP contribution in [-0.4, -0.2) is 43.7 Å². The molecule has 0 unspecified atom stereocenters. The van der Waals surface area contributed by atoms with Crippen molar-refractivity contribution in [1.29, 1.82) is 0 Å². The molecule has 1 aliphatic heterocycles. The number of pyridine rings is 1. The fourth-order valence-corrected chi connectivity index (χ4v) is 3.07. The highest BCUT2D eigenvalue weighted by Gasteiger charge is 2.47. The molecular weight excluding hydrogens is 415 g/mol. The molecule has 0 spiro atoms. The van der Waals surface area contributed by atoms with Crippen LogP contribution in [0.3, 0.4) is 0 Å². The number of nitrogens with zero attached hydrogens (tertiary/aromatic N) is 2. The third-order valence-electron chi connectivity index (χ3n) is 4.00. The van der Waals surface area contributed by atoms with Crippen molar-refractivity contribution in [3.63, 3.8) is 0 Å². The van der Waals surface area contributed by atoms with Crippen LogP contribution in [0.1, 0.15) is 51.9 Å². The lowest BCUT2D eigenvalue weighted by molar-refractivity contribution is -0.142. The summed E-state index contributed by atoms with van der Waals surface area (Å²) in [6.07, 6.45) is -4.26. The Morgan fingerprint density at radius 3 is 2.04 bits per heavy atom. The predicted molar refractivity (Wildman–Crippen MR) is 87.7 cm³/mol. The number of esters is 2. The van der Waals surface area contributed by atoms with Crippen molar-refractivity contribution in [1.82, 2.24) is 4.98 Å². The second-order valence-electron chi connectivity index (χ2n) is 5.81. The van der Waals surface area contributed by atoms with E-state index >= 15 is 0 Å². The second-order valence-corrected chi connectivity index (χ2v) is 6.28. The maximum Gasteiger partial charge on any atom is 0.434 e. The van der Waals surface area contributed by atoms with Gasteiger partial charge in [-0.25, -0.2) is 14.6 Å². The van der Waals surface area contributed by atoms with Crippen LogP contribution in [0, 0.1) is 0 Å². The maximum atomic E-state index is 13.9. The fraction of sp³-hybridized carbons (Fsp3) is 0.562. The van der Waals surface area contributed by atoms with Crippen LogP contribution in [0.2, 0.25) is 0 Å². The summed E-state index contributed by atoms with van der Waals surface area (Å²) in [6.45, 7) is 1.34. The molecule has 1 aromatic heterocycles. The lowest BCUT2D eigenvalue weighted by atomic mass is 10.0. The molecule has 0 radical (unpaired) electrons. The third kappa shape index (κ3) is 4.29. The number of rotatable bonds is 5. The van der Waals surface area contributed by atoms with Gasteiger partial charge in [-0.15, -0.1) is 0 Å². The molecule has 12 heteroatoms. The van der Waals surface area contributed by atoms with Gasteiger partial charge >= 0.3 is 23.5 Å². The molecule has 0 N–H and O–H groups in total. The lowest BCUT2D eigenvalue weighted by Crippen LogP contribution is -2.31. The van der Waals surface area contributed by atoms with E-state index in [2.05, 4.69) is 14.5 Å². The third-order valence-corrected chi connectivity index (χ3v) is 4.18. The maximum absolute atomic E-state index is 13.9. The molecule has 1 aromatic rings. The molecule has 6 nitrogen and oxygen atoms in total. The van der Waals surface area contributed by atoms with E-state index in [9.17, 15) is 31.5 Å². The number of hydrogen-bond acceptors (Lipinski definition) is 6. The second kappa shape index (κ2) is 8.06. The minimum atomic E-state index is -5.29. The summed E-state index contributed by atoms with van der Waals surface area (Å²) < 4.78 is 77.8. The minimum Gasteiger partial charge on any atom is -0.465 e. The number of methoxy groups -OCH3 is 1. The molecule has 0 atom stereocenters. The van der Waals surface area contributed by atoms with Gasteiger partial charge in [0.15, 0.2) is 5.69 Å². The first-order valence-corrected chi connectivity index (χ1v) is 8.54. The fourth-order valence-electron chi connectivity index (χ4n) is 2.93. The Hall–Kier alpha value is -2.17. The first kappa shape index (κ1) is 22.1. The summed E-state index contributed by atoms with van der Waals surface area (Å²) >= 11 is 4.95. The van der Waals surface area contributed by atoms with E-state index in [0.29, 0.717) is 12.8 Å². The largest absolute Gasteiger partial charge is 0.465 e. The van der Waals surface area contributed by atoms with E-state index in [-0.39, 0.29) is 19.7 Å². The molecule has 1 saturated heterocycles. The van der Waals surface area contributed by atoms with Crippen LogP contribution in [0.25, 0.3) is 0 Å². The molecule has 2 heterocycles. The Labute approximate surface area is 161 Å². The number of carbonyl (C=O) groups is 2. The van der Waals surface area contributed by atoms with Gasteiger partial charge in [-0.05, 0) is 31.4 Å². The first-order chi connectivity index (χ1) is 12.9. The van der Waals surface area contributed by atoms with Gasteiger partial charge in [0, 0.05) is 13.1 Å². The van der Waals surface area contributed by atoms with E-state index in [0.717, 1.165) is 7.11 Å². The Morgan fingerprint density at radius 1 is 1.07 bits per heavy atom. The SMILES string of the molecule is CCOC(=O)c1c(C(F)(F)F)nc(C(F)(F)Cl)c(C(=O)OC)c1N1CCCC1. The smallest absolute Gasteiger partial charge is 0.434 e. The van der Waals surface area contributed by atoms with E-state index < -0.39 is 51.7 Å². The summed E-state index contributed by atoms with van der Waals surface area (Å²) in [6, 6.07) is 0. The molecule has 0 saturated carbocycles. The topological polar surface area (TPSA) is 68.7 Å². The van der Waals surface area contributed by atoms with Crippen LogP contribution in [0.15, 0.2) is 0 Å². The monoisotopic (exact) mass is 430 g/mol. The van der Waals surface area contributed by atoms with Crippen molar-refractivity contribution < 1.29 is 41.0 Å². The van der Waals surface area contributed by atoms with Gasteiger partial charge < -0.3 is 14.4 Å². The average Bonchev–Trinajstić information content (AvgIpc) is 3.12. The van der Waals surface area contributed by atoms with Gasteiger partial charge in [0.25, 0.3) is 0 Å². The van der Waals surface area contributed by atoms with Gasteiger partial charge in [0.2, 0.25) is 0 Å². The Kier molecular flexibility index (Phi) is 6.37. The summed E-state index contributed by atoms with van der Waals surface area (Å²) in [4.78, 5) is 28.7. The van der Waals surface area contributed by atoms with Crippen LogP contribution in [0.4, 0.5) is 27.6 Å². The van der Waals surface area contributed by atoms with Crippen LogP contribution in [0.5, 0.6) is 0 Å². The van der Waals surface area contributed by atoms with Crippen molar-refractivity contribution in [3.8, 4) is 0 Å². The molecule has 1 fully saturated rings. The van der Waals surface area contributed by atoms with Crippen LogP contribution >= 0.6 is 11.6 Å².